The number of thioether (sulfide) groups is 1. The molecule has 1 saturated carbocycles. The van der Waals surface area contributed by atoms with Crippen LogP contribution in [0.25, 0.3) is 0 Å². The number of carboxylic acid groups (broad SMARTS) is 1. The SMILES string of the molecule is CCC[C@@H](Sc1ccccc1NC(=O)C1CCCC1)C(=O)O. The molecule has 2 rings (SSSR count). The summed E-state index contributed by atoms with van der Waals surface area (Å²) in [6, 6.07) is 7.46. The summed E-state index contributed by atoms with van der Waals surface area (Å²) in [5.41, 5.74) is 0.728. The number of carbonyl (C=O) groups excluding carboxylic acids is 1. The summed E-state index contributed by atoms with van der Waals surface area (Å²) >= 11 is 1.32. The van der Waals surface area contributed by atoms with Crippen LogP contribution in [-0.4, -0.2) is 22.2 Å². The minimum absolute atomic E-state index is 0.0629. The second kappa shape index (κ2) is 8.22. The average Bonchev–Trinajstić information content (AvgIpc) is 3.03. The summed E-state index contributed by atoms with van der Waals surface area (Å²) in [5.74, 6) is -0.638. The molecule has 1 aliphatic rings. The molecule has 1 atom stereocenters. The molecule has 0 saturated heterocycles. The van der Waals surface area contributed by atoms with Crippen LogP contribution in [0.1, 0.15) is 45.4 Å². The van der Waals surface area contributed by atoms with E-state index >= 15 is 0 Å². The highest BCUT2D eigenvalue weighted by Gasteiger charge is 2.24. The van der Waals surface area contributed by atoms with Crippen LogP contribution in [0.4, 0.5) is 5.69 Å². The fraction of sp³-hybridized carbons (Fsp3) is 0.529. The lowest BCUT2D eigenvalue weighted by Gasteiger charge is -2.16. The van der Waals surface area contributed by atoms with Crippen LogP contribution in [0.5, 0.6) is 0 Å². The first-order chi connectivity index (χ1) is 10.6. The normalized spacial score (nSPS) is 16.4. The molecule has 22 heavy (non-hydrogen) atoms. The highest BCUT2D eigenvalue weighted by molar-refractivity contribution is 8.00. The Morgan fingerprint density at radius 3 is 2.64 bits per heavy atom. The van der Waals surface area contributed by atoms with Crippen LogP contribution in [0, 0.1) is 5.92 Å². The number of hydrogen-bond donors (Lipinski definition) is 2. The summed E-state index contributed by atoms with van der Waals surface area (Å²) in [6.45, 7) is 1.98. The predicted octanol–water partition coefficient (Wildman–Crippen LogP) is 4.16. The molecule has 1 aromatic rings. The molecule has 0 spiro atoms. The van der Waals surface area contributed by atoms with Crippen molar-refractivity contribution in [2.24, 2.45) is 5.92 Å². The van der Waals surface area contributed by atoms with Gasteiger partial charge in [-0.15, -0.1) is 11.8 Å². The van der Waals surface area contributed by atoms with Crippen molar-refractivity contribution < 1.29 is 14.7 Å². The molecule has 1 fully saturated rings. The highest BCUT2D eigenvalue weighted by atomic mass is 32.2. The van der Waals surface area contributed by atoms with Gasteiger partial charge in [-0.2, -0.15) is 0 Å². The van der Waals surface area contributed by atoms with E-state index in [0.29, 0.717) is 6.42 Å². The van der Waals surface area contributed by atoms with E-state index in [-0.39, 0.29) is 11.8 Å². The molecule has 1 aliphatic carbocycles. The van der Waals surface area contributed by atoms with Crippen molar-refractivity contribution in [3.05, 3.63) is 24.3 Å². The molecule has 1 amide bonds. The zero-order valence-corrected chi connectivity index (χ0v) is 13.7. The third-order valence-corrected chi connectivity index (χ3v) is 5.30. The Labute approximate surface area is 135 Å². The molecular weight excluding hydrogens is 298 g/mol. The number of amides is 1. The van der Waals surface area contributed by atoms with Gasteiger partial charge < -0.3 is 10.4 Å². The third kappa shape index (κ3) is 4.50. The quantitative estimate of drug-likeness (QED) is 0.740. The largest absolute Gasteiger partial charge is 0.480 e. The zero-order chi connectivity index (χ0) is 15.9. The van der Waals surface area contributed by atoms with Crippen LogP contribution in [0.2, 0.25) is 0 Å². The van der Waals surface area contributed by atoms with Crippen LogP contribution in [0.3, 0.4) is 0 Å². The zero-order valence-electron chi connectivity index (χ0n) is 12.9. The van der Waals surface area contributed by atoms with E-state index in [9.17, 15) is 14.7 Å². The standard InChI is InChI=1S/C17H23NO3S/c1-2-7-15(17(20)21)22-14-11-6-5-10-13(14)18-16(19)12-8-3-4-9-12/h5-6,10-12,15H,2-4,7-9H2,1H3,(H,18,19)(H,20,21)/t15-/m1/s1. The Balaban J connectivity index is 2.08. The summed E-state index contributed by atoms with van der Waals surface area (Å²) < 4.78 is 0. The second-order valence-electron chi connectivity index (χ2n) is 5.70. The van der Waals surface area contributed by atoms with E-state index in [1.807, 2.05) is 31.2 Å². The first-order valence-corrected chi connectivity index (χ1v) is 8.79. The van der Waals surface area contributed by atoms with Gasteiger partial charge >= 0.3 is 5.97 Å². The number of para-hydroxylation sites is 1. The van der Waals surface area contributed by atoms with Gasteiger partial charge in [-0.25, -0.2) is 0 Å². The van der Waals surface area contributed by atoms with Gasteiger partial charge in [0, 0.05) is 10.8 Å². The number of carbonyl (C=O) groups is 2. The van der Waals surface area contributed by atoms with Crippen LogP contribution >= 0.6 is 11.8 Å². The van der Waals surface area contributed by atoms with Crippen molar-refractivity contribution in [1.82, 2.24) is 0 Å². The topological polar surface area (TPSA) is 66.4 Å². The van der Waals surface area contributed by atoms with E-state index < -0.39 is 11.2 Å². The maximum absolute atomic E-state index is 12.3. The fourth-order valence-corrected chi connectivity index (χ4v) is 3.91. The molecule has 0 bridgehead atoms. The van der Waals surface area contributed by atoms with E-state index in [1.165, 1.54) is 11.8 Å². The summed E-state index contributed by atoms with van der Waals surface area (Å²) in [5, 5.41) is 11.8. The smallest absolute Gasteiger partial charge is 0.316 e. The molecule has 0 aliphatic heterocycles. The minimum atomic E-state index is -0.802. The van der Waals surface area contributed by atoms with Gasteiger partial charge in [0.05, 0.1) is 5.69 Å². The average molecular weight is 321 g/mol. The molecular formula is C17H23NO3S. The number of rotatable bonds is 7. The first-order valence-electron chi connectivity index (χ1n) is 7.91. The van der Waals surface area contributed by atoms with Crippen molar-refractivity contribution in [1.29, 1.82) is 0 Å². The summed E-state index contributed by atoms with van der Waals surface area (Å²) in [4.78, 5) is 24.4. The van der Waals surface area contributed by atoms with Crippen molar-refractivity contribution in [2.75, 3.05) is 5.32 Å². The molecule has 0 radical (unpaired) electrons. The fourth-order valence-electron chi connectivity index (χ4n) is 2.74. The predicted molar refractivity (Wildman–Crippen MR) is 89.2 cm³/mol. The van der Waals surface area contributed by atoms with Gasteiger partial charge in [0.2, 0.25) is 5.91 Å². The lowest BCUT2D eigenvalue weighted by atomic mass is 10.1. The monoisotopic (exact) mass is 321 g/mol. The molecule has 1 aromatic carbocycles. The van der Waals surface area contributed by atoms with E-state index in [2.05, 4.69) is 5.32 Å². The van der Waals surface area contributed by atoms with Crippen molar-refractivity contribution in [3.63, 3.8) is 0 Å². The molecule has 120 valence electrons. The number of aliphatic carboxylic acids is 1. The third-order valence-electron chi connectivity index (χ3n) is 3.97. The molecule has 0 aromatic heterocycles. The Kier molecular flexibility index (Phi) is 6.31. The van der Waals surface area contributed by atoms with Crippen LogP contribution < -0.4 is 5.32 Å². The van der Waals surface area contributed by atoms with Gasteiger partial charge in [-0.1, -0.05) is 38.3 Å². The van der Waals surface area contributed by atoms with Gasteiger partial charge in [-0.3, -0.25) is 9.59 Å². The summed E-state index contributed by atoms with van der Waals surface area (Å²) in [6.07, 6.45) is 5.58. The molecule has 0 unspecified atom stereocenters. The summed E-state index contributed by atoms with van der Waals surface area (Å²) in [7, 11) is 0. The second-order valence-corrected chi connectivity index (χ2v) is 6.94. The van der Waals surface area contributed by atoms with E-state index in [4.69, 9.17) is 0 Å². The van der Waals surface area contributed by atoms with Crippen molar-refractivity contribution in [2.45, 2.75) is 55.6 Å². The number of benzene rings is 1. The lowest BCUT2D eigenvalue weighted by Crippen LogP contribution is -2.21. The Morgan fingerprint density at radius 1 is 1.32 bits per heavy atom. The maximum atomic E-state index is 12.3. The number of hydrogen-bond acceptors (Lipinski definition) is 3. The Hall–Kier alpha value is -1.49. The number of anilines is 1. The van der Waals surface area contributed by atoms with Crippen LogP contribution in [-0.2, 0) is 9.59 Å². The first kappa shape index (κ1) is 16.9. The lowest BCUT2D eigenvalue weighted by molar-refractivity contribution is -0.136. The van der Waals surface area contributed by atoms with Gasteiger partial charge in [0.15, 0.2) is 0 Å². The maximum Gasteiger partial charge on any atom is 0.316 e. The minimum Gasteiger partial charge on any atom is -0.480 e. The number of carboxylic acids is 1. The molecule has 0 heterocycles. The van der Waals surface area contributed by atoms with Crippen molar-refractivity contribution in [3.8, 4) is 0 Å². The van der Waals surface area contributed by atoms with Crippen molar-refractivity contribution >= 4 is 29.3 Å². The van der Waals surface area contributed by atoms with E-state index in [1.54, 1.807) is 0 Å². The Bertz CT molecular complexity index is 526. The molecule has 4 nitrogen and oxygen atoms in total. The molecule has 5 heteroatoms. The van der Waals surface area contributed by atoms with Gasteiger partial charge in [-0.05, 0) is 31.4 Å². The van der Waals surface area contributed by atoms with Gasteiger partial charge in [0.1, 0.15) is 5.25 Å². The number of nitrogens with one attached hydrogen (secondary N) is 1. The molecule has 2 N–H and O–H groups in total. The van der Waals surface area contributed by atoms with Crippen LogP contribution in [0.15, 0.2) is 29.2 Å². The van der Waals surface area contributed by atoms with E-state index in [0.717, 1.165) is 42.7 Å². The highest BCUT2D eigenvalue weighted by Crippen LogP contribution is 2.34. The van der Waals surface area contributed by atoms with Gasteiger partial charge in [0.25, 0.3) is 0 Å². The Morgan fingerprint density at radius 2 is 2.00 bits per heavy atom.